The van der Waals surface area contributed by atoms with E-state index in [2.05, 4.69) is 18.4 Å². The predicted octanol–water partition coefficient (Wildman–Crippen LogP) is 4.00. The van der Waals surface area contributed by atoms with Crippen LogP contribution < -0.4 is 15.2 Å². The summed E-state index contributed by atoms with van der Waals surface area (Å²) in [5.74, 6) is 1.61. The van der Waals surface area contributed by atoms with Crippen molar-refractivity contribution in [3.63, 3.8) is 0 Å². The molecule has 108 valence electrons. The van der Waals surface area contributed by atoms with E-state index in [-0.39, 0.29) is 12.1 Å². The molecule has 4 heteroatoms. The van der Waals surface area contributed by atoms with E-state index >= 15 is 0 Å². The van der Waals surface area contributed by atoms with Gasteiger partial charge in [-0.2, -0.15) is 11.3 Å². The molecule has 0 amide bonds. The Morgan fingerprint density at radius 2 is 2.00 bits per heavy atom. The number of nitrogens with two attached hydrogens (primary N) is 1. The maximum absolute atomic E-state index is 6.20. The maximum Gasteiger partial charge on any atom is 0.140 e. The van der Waals surface area contributed by atoms with Crippen molar-refractivity contribution < 1.29 is 9.47 Å². The second-order valence-electron chi connectivity index (χ2n) is 4.58. The van der Waals surface area contributed by atoms with Gasteiger partial charge in [0, 0.05) is 17.7 Å². The molecule has 1 heterocycles. The molecule has 0 bridgehead atoms. The lowest BCUT2D eigenvalue weighted by molar-refractivity contribution is 0.170. The minimum Gasteiger partial charge on any atom is -0.494 e. The van der Waals surface area contributed by atoms with E-state index in [1.807, 2.05) is 36.6 Å². The average Bonchev–Trinajstić information content (AvgIpc) is 2.99. The smallest absolute Gasteiger partial charge is 0.140 e. The molecule has 20 heavy (non-hydrogen) atoms. The van der Waals surface area contributed by atoms with Gasteiger partial charge in [-0.3, -0.25) is 0 Å². The fraction of sp³-hybridized carbons (Fsp3) is 0.375. The SMILES string of the molecule is CCOc1cccc(OC(c2ccsc2)C(N)CC)c1. The van der Waals surface area contributed by atoms with Gasteiger partial charge in [-0.05, 0) is 42.3 Å². The number of rotatable bonds is 7. The number of hydrogen-bond acceptors (Lipinski definition) is 4. The summed E-state index contributed by atoms with van der Waals surface area (Å²) in [6.07, 6.45) is 0.745. The molecule has 2 rings (SSSR count). The first kappa shape index (κ1) is 14.9. The van der Waals surface area contributed by atoms with Gasteiger partial charge in [0.2, 0.25) is 0 Å². The Morgan fingerprint density at radius 1 is 1.20 bits per heavy atom. The van der Waals surface area contributed by atoms with Crippen molar-refractivity contribution in [2.45, 2.75) is 32.4 Å². The summed E-state index contributed by atoms with van der Waals surface area (Å²) < 4.78 is 11.6. The topological polar surface area (TPSA) is 44.5 Å². The molecule has 2 unspecified atom stereocenters. The van der Waals surface area contributed by atoms with Crippen LogP contribution >= 0.6 is 11.3 Å². The third-order valence-corrected chi connectivity index (χ3v) is 3.81. The zero-order valence-electron chi connectivity index (χ0n) is 11.9. The van der Waals surface area contributed by atoms with Crippen LogP contribution in [0, 0.1) is 0 Å². The van der Waals surface area contributed by atoms with Crippen LogP contribution in [0.1, 0.15) is 31.9 Å². The van der Waals surface area contributed by atoms with Crippen molar-refractivity contribution >= 4 is 11.3 Å². The second kappa shape index (κ2) is 7.31. The van der Waals surface area contributed by atoms with Gasteiger partial charge in [-0.15, -0.1) is 0 Å². The van der Waals surface area contributed by atoms with E-state index < -0.39 is 0 Å². The molecule has 3 nitrogen and oxygen atoms in total. The van der Waals surface area contributed by atoms with Gasteiger partial charge in [0.05, 0.1) is 6.61 Å². The van der Waals surface area contributed by atoms with Crippen molar-refractivity contribution in [3.8, 4) is 11.5 Å². The first-order chi connectivity index (χ1) is 9.74. The molecule has 1 aromatic carbocycles. The third kappa shape index (κ3) is 3.74. The predicted molar refractivity (Wildman–Crippen MR) is 83.6 cm³/mol. The highest BCUT2D eigenvalue weighted by molar-refractivity contribution is 7.07. The lowest BCUT2D eigenvalue weighted by Gasteiger charge is -2.24. The molecule has 2 N–H and O–H groups in total. The minimum absolute atomic E-state index is 0.0275. The van der Waals surface area contributed by atoms with Crippen molar-refractivity contribution in [1.82, 2.24) is 0 Å². The number of thiophene rings is 1. The van der Waals surface area contributed by atoms with E-state index in [4.69, 9.17) is 15.2 Å². The van der Waals surface area contributed by atoms with Crippen LogP contribution in [0.15, 0.2) is 41.1 Å². The van der Waals surface area contributed by atoms with Gasteiger partial charge < -0.3 is 15.2 Å². The highest BCUT2D eigenvalue weighted by atomic mass is 32.1. The van der Waals surface area contributed by atoms with Gasteiger partial charge in [0.1, 0.15) is 17.6 Å². The van der Waals surface area contributed by atoms with E-state index in [0.717, 1.165) is 23.5 Å². The number of benzene rings is 1. The number of ether oxygens (including phenoxy) is 2. The standard InChI is InChI=1S/C16H21NO2S/c1-3-15(17)16(12-8-9-20-11-12)19-14-7-5-6-13(10-14)18-4-2/h5-11,15-16H,3-4,17H2,1-2H3. The minimum atomic E-state index is -0.122. The molecule has 0 radical (unpaired) electrons. The summed E-state index contributed by atoms with van der Waals surface area (Å²) in [6.45, 7) is 4.69. The molecule has 0 fully saturated rings. The van der Waals surface area contributed by atoms with Crippen LogP contribution in [0.2, 0.25) is 0 Å². The van der Waals surface area contributed by atoms with Gasteiger partial charge in [0.15, 0.2) is 0 Å². The normalized spacial score (nSPS) is 13.8. The molecular weight excluding hydrogens is 270 g/mol. The van der Waals surface area contributed by atoms with Gasteiger partial charge in [-0.25, -0.2) is 0 Å². The highest BCUT2D eigenvalue weighted by Crippen LogP contribution is 2.29. The molecular formula is C16H21NO2S. The van der Waals surface area contributed by atoms with E-state index in [0.29, 0.717) is 6.61 Å². The van der Waals surface area contributed by atoms with Gasteiger partial charge in [0.25, 0.3) is 0 Å². The van der Waals surface area contributed by atoms with Crippen LogP contribution in [0.5, 0.6) is 11.5 Å². The van der Waals surface area contributed by atoms with Crippen LogP contribution in [-0.4, -0.2) is 12.6 Å². The van der Waals surface area contributed by atoms with Gasteiger partial charge >= 0.3 is 0 Å². The Morgan fingerprint density at radius 3 is 2.65 bits per heavy atom. The molecule has 1 aromatic heterocycles. The Bertz CT molecular complexity index is 513. The fourth-order valence-electron chi connectivity index (χ4n) is 2.00. The van der Waals surface area contributed by atoms with Crippen molar-refractivity contribution in [3.05, 3.63) is 46.7 Å². The van der Waals surface area contributed by atoms with Crippen molar-refractivity contribution in [1.29, 1.82) is 0 Å². The van der Waals surface area contributed by atoms with Crippen LogP contribution in [0.25, 0.3) is 0 Å². The lowest BCUT2D eigenvalue weighted by atomic mass is 10.0. The molecule has 0 saturated heterocycles. The largest absolute Gasteiger partial charge is 0.494 e. The van der Waals surface area contributed by atoms with Crippen molar-refractivity contribution in [2.24, 2.45) is 5.73 Å². The van der Waals surface area contributed by atoms with Gasteiger partial charge in [-0.1, -0.05) is 13.0 Å². The summed E-state index contributed by atoms with van der Waals surface area (Å²) in [4.78, 5) is 0. The summed E-state index contributed by atoms with van der Waals surface area (Å²) in [6, 6.07) is 9.74. The van der Waals surface area contributed by atoms with E-state index in [1.165, 1.54) is 0 Å². The fourth-order valence-corrected chi connectivity index (χ4v) is 2.69. The van der Waals surface area contributed by atoms with Crippen LogP contribution in [-0.2, 0) is 0 Å². The average molecular weight is 291 g/mol. The summed E-state index contributed by atoms with van der Waals surface area (Å²) in [5, 5.41) is 4.14. The van der Waals surface area contributed by atoms with Crippen LogP contribution in [0.4, 0.5) is 0 Å². The monoisotopic (exact) mass is 291 g/mol. The summed E-state index contributed by atoms with van der Waals surface area (Å²) in [5.41, 5.74) is 7.33. The molecule has 0 aliphatic carbocycles. The first-order valence-corrected chi connectivity index (χ1v) is 7.86. The van der Waals surface area contributed by atoms with E-state index in [1.54, 1.807) is 11.3 Å². The molecule has 2 atom stereocenters. The Labute approximate surface area is 124 Å². The zero-order valence-corrected chi connectivity index (χ0v) is 12.7. The summed E-state index contributed by atoms with van der Waals surface area (Å²) >= 11 is 1.66. The molecule has 0 saturated carbocycles. The number of hydrogen-bond donors (Lipinski definition) is 1. The molecule has 2 aromatic rings. The first-order valence-electron chi connectivity index (χ1n) is 6.91. The maximum atomic E-state index is 6.20. The lowest BCUT2D eigenvalue weighted by Crippen LogP contribution is -2.31. The summed E-state index contributed by atoms with van der Waals surface area (Å²) in [7, 11) is 0. The molecule has 0 aliphatic rings. The van der Waals surface area contributed by atoms with Crippen LogP contribution in [0.3, 0.4) is 0 Å². The third-order valence-electron chi connectivity index (χ3n) is 3.11. The Balaban J connectivity index is 2.17. The second-order valence-corrected chi connectivity index (χ2v) is 5.36. The van der Waals surface area contributed by atoms with E-state index in [9.17, 15) is 0 Å². The Hall–Kier alpha value is -1.52. The zero-order chi connectivity index (χ0) is 14.4. The Kier molecular flexibility index (Phi) is 5.44. The highest BCUT2D eigenvalue weighted by Gasteiger charge is 2.21. The molecule has 0 spiro atoms. The van der Waals surface area contributed by atoms with Crippen molar-refractivity contribution in [2.75, 3.05) is 6.61 Å². The quantitative estimate of drug-likeness (QED) is 0.838. The molecule has 0 aliphatic heterocycles.